The Morgan fingerprint density at radius 3 is 2.31 bits per heavy atom. The summed E-state index contributed by atoms with van der Waals surface area (Å²) in [5, 5.41) is 0. The van der Waals surface area contributed by atoms with E-state index in [0.29, 0.717) is 5.92 Å². The number of benzene rings is 3. The van der Waals surface area contributed by atoms with Crippen molar-refractivity contribution in [3.05, 3.63) is 113 Å². The number of hydrogen-bond donors (Lipinski definition) is 0. The molecular weight excluding hydrogens is 314 g/mol. The Bertz CT molecular complexity index is 1160. The molecule has 1 heterocycles. The summed E-state index contributed by atoms with van der Waals surface area (Å²) in [5.41, 5.74) is 11.9. The van der Waals surface area contributed by atoms with Crippen LogP contribution in [0.15, 0.2) is 84.9 Å². The molecule has 4 aromatic rings. The third-order valence-electron chi connectivity index (χ3n) is 5.78. The lowest BCUT2D eigenvalue weighted by Gasteiger charge is -2.26. The zero-order valence-corrected chi connectivity index (χ0v) is 14.3. The van der Waals surface area contributed by atoms with Crippen LogP contribution in [-0.4, -0.2) is 4.98 Å². The third-order valence-corrected chi connectivity index (χ3v) is 5.78. The Labute approximate surface area is 153 Å². The first-order chi connectivity index (χ1) is 12.9. The van der Waals surface area contributed by atoms with Crippen LogP contribution in [0.2, 0.25) is 0 Å². The third kappa shape index (κ3) is 1.83. The van der Waals surface area contributed by atoms with Gasteiger partial charge in [0.25, 0.3) is 0 Å². The van der Waals surface area contributed by atoms with Gasteiger partial charge in [0.1, 0.15) is 0 Å². The quantitative estimate of drug-likeness (QED) is 0.370. The van der Waals surface area contributed by atoms with Crippen LogP contribution in [0.5, 0.6) is 0 Å². The molecule has 0 radical (unpaired) electrons. The van der Waals surface area contributed by atoms with Crippen molar-refractivity contribution in [2.45, 2.75) is 12.3 Å². The summed E-state index contributed by atoms with van der Waals surface area (Å²) in [5.74, 6) is 0.332. The molecule has 2 aliphatic carbocycles. The Kier molecular flexibility index (Phi) is 2.78. The van der Waals surface area contributed by atoms with Crippen molar-refractivity contribution in [1.82, 2.24) is 4.98 Å². The molecule has 1 aromatic heterocycles. The largest absolute Gasteiger partial charge is 0.247 e. The van der Waals surface area contributed by atoms with E-state index >= 15 is 0 Å². The molecule has 0 fully saturated rings. The summed E-state index contributed by atoms with van der Waals surface area (Å²) in [7, 11) is 0. The molecule has 0 amide bonds. The van der Waals surface area contributed by atoms with Gasteiger partial charge >= 0.3 is 0 Å². The lowest BCUT2D eigenvalue weighted by atomic mass is 9.78. The lowest BCUT2D eigenvalue weighted by molar-refractivity contribution is 0.906. The topological polar surface area (TPSA) is 12.9 Å². The number of hydrogen-bond acceptors (Lipinski definition) is 1. The van der Waals surface area contributed by atoms with Gasteiger partial charge in [0, 0.05) is 17.0 Å². The second-order valence-corrected chi connectivity index (χ2v) is 7.19. The van der Waals surface area contributed by atoms with E-state index in [0.717, 1.165) is 12.1 Å². The zero-order chi connectivity index (χ0) is 17.1. The molecule has 1 unspecified atom stereocenters. The predicted octanol–water partition coefficient (Wildman–Crippen LogP) is 5.81. The fourth-order valence-corrected chi connectivity index (χ4v) is 4.66. The molecular formula is C25H17N. The van der Waals surface area contributed by atoms with Gasteiger partial charge in [0.15, 0.2) is 0 Å². The summed E-state index contributed by atoms with van der Waals surface area (Å²) >= 11 is 0. The van der Waals surface area contributed by atoms with E-state index in [9.17, 15) is 0 Å². The normalized spacial score (nSPS) is 15.9. The van der Waals surface area contributed by atoms with Crippen LogP contribution < -0.4 is 0 Å². The minimum atomic E-state index is 0.332. The first-order valence-corrected chi connectivity index (χ1v) is 9.16. The van der Waals surface area contributed by atoms with Crippen LogP contribution in [0.25, 0.3) is 22.5 Å². The van der Waals surface area contributed by atoms with Gasteiger partial charge in [-0.3, -0.25) is 0 Å². The molecule has 0 saturated carbocycles. The van der Waals surface area contributed by atoms with Crippen molar-refractivity contribution in [3.8, 4) is 22.5 Å². The molecule has 0 bridgehead atoms. The van der Waals surface area contributed by atoms with Crippen molar-refractivity contribution in [1.29, 1.82) is 0 Å². The van der Waals surface area contributed by atoms with Crippen molar-refractivity contribution in [2.24, 2.45) is 0 Å². The van der Waals surface area contributed by atoms with Gasteiger partial charge in [-0.05, 0) is 40.3 Å². The molecule has 6 rings (SSSR count). The van der Waals surface area contributed by atoms with E-state index < -0.39 is 0 Å². The van der Waals surface area contributed by atoms with Crippen molar-refractivity contribution >= 4 is 0 Å². The van der Waals surface area contributed by atoms with Crippen molar-refractivity contribution in [2.75, 3.05) is 0 Å². The average Bonchev–Trinajstić information content (AvgIpc) is 3.05. The fourth-order valence-electron chi connectivity index (χ4n) is 4.66. The second-order valence-electron chi connectivity index (χ2n) is 7.19. The van der Waals surface area contributed by atoms with Gasteiger partial charge in [0.2, 0.25) is 0 Å². The van der Waals surface area contributed by atoms with Gasteiger partial charge in [-0.15, -0.1) is 0 Å². The van der Waals surface area contributed by atoms with Crippen LogP contribution in [-0.2, 0) is 6.42 Å². The molecule has 26 heavy (non-hydrogen) atoms. The molecule has 2 aliphatic rings. The van der Waals surface area contributed by atoms with Crippen LogP contribution in [0, 0.1) is 0 Å². The Morgan fingerprint density at radius 2 is 1.42 bits per heavy atom. The standard InChI is InChI=1S/C25H17N/c1-2-8-16(9-3-1)22-15-18-14-17-10-4-5-11-19(17)24-20-12-6-7-13-21(20)25(26-22)23(18)24/h1-13,15,24H,14H2. The summed E-state index contributed by atoms with van der Waals surface area (Å²) in [6, 6.07) is 30.5. The summed E-state index contributed by atoms with van der Waals surface area (Å²) in [6.07, 6.45) is 0.991. The van der Waals surface area contributed by atoms with E-state index in [2.05, 4.69) is 84.9 Å². The van der Waals surface area contributed by atoms with Crippen LogP contribution >= 0.6 is 0 Å². The van der Waals surface area contributed by atoms with Gasteiger partial charge in [-0.25, -0.2) is 4.98 Å². The number of nitrogens with zero attached hydrogens (tertiary/aromatic N) is 1. The monoisotopic (exact) mass is 331 g/mol. The Balaban J connectivity index is 1.69. The van der Waals surface area contributed by atoms with E-state index in [4.69, 9.17) is 4.98 Å². The van der Waals surface area contributed by atoms with Gasteiger partial charge < -0.3 is 0 Å². The van der Waals surface area contributed by atoms with Crippen molar-refractivity contribution < 1.29 is 0 Å². The molecule has 0 N–H and O–H groups in total. The van der Waals surface area contributed by atoms with E-state index in [1.165, 1.54) is 44.6 Å². The van der Waals surface area contributed by atoms with Crippen LogP contribution in [0.4, 0.5) is 0 Å². The minimum Gasteiger partial charge on any atom is -0.247 e. The number of fused-ring (bicyclic) bond motifs is 5. The maximum atomic E-state index is 5.13. The highest BCUT2D eigenvalue weighted by atomic mass is 14.7. The summed E-state index contributed by atoms with van der Waals surface area (Å²) < 4.78 is 0. The van der Waals surface area contributed by atoms with Gasteiger partial charge in [-0.1, -0.05) is 78.9 Å². The highest BCUT2D eigenvalue weighted by molar-refractivity contribution is 5.83. The molecule has 0 aliphatic heterocycles. The molecule has 1 nitrogen and oxygen atoms in total. The van der Waals surface area contributed by atoms with Gasteiger partial charge in [0.05, 0.1) is 11.4 Å². The highest BCUT2D eigenvalue weighted by Crippen LogP contribution is 2.52. The van der Waals surface area contributed by atoms with E-state index in [1.807, 2.05) is 0 Å². The molecule has 122 valence electrons. The SMILES string of the molecule is c1ccc(-c2cc3c4c(n2)-c2ccccc2C4c2ccccc2C3)cc1. The second kappa shape index (κ2) is 5.15. The summed E-state index contributed by atoms with van der Waals surface area (Å²) in [4.78, 5) is 5.13. The lowest BCUT2D eigenvalue weighted by Crippen LogP contribution is -2.13. The molecule has 0 saturated heterocycles. The number of aromatic nitrogens is 1. The van der Waals surface area contributed by atoms with Crippen LogP contribution in [0.3, 0.4) is 0 Å². The first-order valence-electron chi connectivity index (χ1n) is 9.16. The van der Waals surface area contributed by atoms with Crippen molar-refractivity contribution in [3.63, 3.8) is 0 Å². The Morgan fingerprint density at radius 1 is 0.692 bits per heavy atom. The maximum absolute atomic E-state index is 5.13. The molecule has 0 spiro atoms. The maximum Gasteiger partial charge on any atom is 0.0757 e. The smallest absolute Gasteiger partial charge is 0.0757 e. The first kappa shape index (κ1) is 14.0. The highest BCUT2D eigenvalue weighted by Gasteiger charge is 2.37. The molecule has 1 atom stereocenters. The van der Waals surface area contributed by atoms with E-state index in [1.54, 1.807) is 0 Å². The predicted molar refractivity (Wildman–Crippen MR) is 105 cm³/mol. The zero-order valence-electron chi connectivity index (χ0n) is 14.3. The minimum absolute atomic E-state index is 0.332. The van der Waals surface area contributed by atoms with Crippen LogP contribution in [0.1, 0.15) is 33.7 Å². The average molecular weight is 331 g/mol. The van der Waals surface area contributed by atoms with E-state index in [-0.39, 0.29) is 0 Å². The Hall–Kier alpha value is -3.19. The fraction of sp³-hybridized carbons (Fsp3) is 0.0800. The molecule has 3 aromatic carbocycles. The van der Waals surface area contributed by atoms with Gasteiger partial charge in [-0.2, -0.15) is 0 Å². The number of pyridine rings is 1. The summed E-state index contributed by atoms with van der Waals surface area (Å²) in [6.45, 7) is 0. The molecule has 1 heteroatoms. The number of rotatable bonds is 1.